The summed E-state index contributed by atoms with van der Waals surface area (Å²) >= 11 is 0. The van der Waals surface area contributed by atoms with Gasteiger partial charge in [0.25, 0.3) is 0 Å². The maximum absolute atomic E-state index is 10.2. The second-order valence-electron chi connectivity index (χ2n) is 2.35. The second-order valence-corrected chi connectivity index (χ2v) is 2.35. The van der Waals surface area contributed by atoms with Crippen molar-refractivity contribution in [2.24, 2.45) is 0 Å². The fourth-order valence-corrected chi connectivity index (χ4v) is 0. The summed E-state index contributed by atoms with van der Waals surface area (Å²) in [4.78, 5) is 10.2. The maximum atomic E-state index is 10.2. The molecule has 3 heteroatoms. The van der Waals surface area contributed by atoms with E-state index >= 15 is 0 Å². The fraction of sp³-hybridized carbons (Fsp3) is 0.750. The fourth-order valence-electron chi connectivity index (χ4n) is 0. The lowest BCUT2D eigenvalue weighted by Crippen LogP contribution is -2.40. The Kier molecular flexibility index (Phi) is 1.59. The number of carbonyl (C=O) groups excluding carboxylic acids is 1. The van der Waals surface area contributed by atoms with Crippen LogP contribution in [0.5, 0.6) is 0 Å². The molecule has 0 heterocycles. The van der Waals surface area contributed by atoms with E-state index < -0.39 is 0 Å². The second kappa shape index (κ2) is 1.66. The first-order chi connectivity index (χ1) is 2.94. The van der Waals surface area contributed by atoms with Gasteiger partial charge in [-0.05, 0) is 0 Å². The zero-order valence-electron chi connectivity index (χ0n) is 4.93. The van der Waals surface area contributed by atoms with Gasteiger partial charge >= 0.3 is 0 Å². The van der Waals surface area contributed by atoms with Gasteiger partial charge in [-0.25, -0.2) is 0 Å². The van der Waals surface area contributed by atoms with E-state index in [-0.39, 0.29) is 10.3 Å². The molecule has 2 nitrogen and oxygen atoms in total. The van der Waals surface area contributed by atoms with Gasteiger partial charge in [-0.2, -0.15) is 0 Å². The van der Waals surface area contributed by atoms with Crippen molar-refractivity contribution in [2.45, 2.75) is 0 Å². The molecule has 0 atom stereocenters. The van der Waals surface area contributed by atoms with Gasteiger partial charge in [0, 0.05) is 5.81 Å². The van der Waals surface area contributed by atoms with E-state index in [0.717, 1.165) is 0 Å². The summed E-state index contributed by atoms with van der Waals surface area (Å²) in [5, 5.41) is 0. The van der Waals surface area contributed by atoms with Crippen LogP contribution in [-0.2, 0) is 0 Å². The largest absolute Gasteiger partial charge is 0.435 e. The molecule has 0 spiro atoms. The first kappa shape index (κ1) is 6.69. The number of hydrogen-bond acceptors (Lipinski definition) is 1. The average molecular weight is 97.9 g/mol. The van der Waals surface area contributed by atoms with Gasteiger partial charge in [0.2, 0.25) is 0 Å². The summed E-state index contributed by atoms with van der Waals surface area (Å²) in [6.07, 6.45) is 0. The highest BCUT2D eigenvalue weighted by molar-refractivity contribution is 6.54. The van der Waals surface area contributed by atoms with Crippen LogP contribution in [0.4, 0.5) is 4.79 Å². The zero-order valence-corrected chi connectivity index (χ0v) is 4.93. The summed E-state index contributed by atoms with van der Waals surface area (Å²) in [7, 11) is 10.1. The smallest absolute Gasteiger partial charge is 0.0715 e. The van der Waals surface area contributed by atoms with Gasteiger partial charge in [0.15, 0.2) is 0 Å². The molecule has 0 aliphatic heterocycles. The van der Waals surface area contributed by atoms with Crippen LogP contribution in [0.3, 0.4) is 0 Å². The lowest BCUT2D eigenvalue weighted by molar-refractivity contribution is -0.780. The van der Waals surface area contributed by atoms with Gasteiger partial charge in [-0.15, -0.1) is 0 Å². The molecule has 39 valence electrons. The van der Waals surface area contributed by atoms with Crippen molar-refractivity contribution in [3.8, 4) is 0 Å². The summed E-state index contributed by atoms with van der Waals surface area (Å²) in [6.45, 7) is 0. The standard InChI is InChI=1S/C4H9BNO/c1-6(2,3)4(5)7/h1-3H3. The minimum Gasteiger partial charge on any atom is -0.435 e. The van der Waals surface area contributed by atoms with Gasteiger partial charge < -0.3 is 12.3 Å². The third-order valence-electron chi connectivity index (χ3n) is 0.661. The number of rotatable bonds is 0. The summed E-state index contributed by atoms with van der Waals surface area (Å²) in [5.74, 6) is -0.319. The Morgan fingerprint density at radius 1 is 1.43 bits per heavy atom. The molecule has 0 aromatic carbocycles. The maximum Gasteiger partial charge on any atom is 0.0715 e. The molecular weight excluding hydrogens is 88.9 g/mol. The third-order valence-corrected chi connectivity index (χ3v) is 0.661. The molecule has 0 bridgehead atoms. The van der Waals surface area contributed by atoms with Crippen molar-refractivity contribution >= 4 is 13.7 Å². The van der Waals surface area contributed by atoms with Crippen LogP contribution in [0.25, 0.3) is 0 Å². The number of hydrogen-bond donors (Lipinski definition) is 0. The molecule has 0 rings (SSSR count). The lowest BCUT2D eigenvalue weighted by Gasteiger charge is -2.27. The van der Waals surface area contributed by atoms with E-state index in [1.807, 2.05) is 0 Å². The van der Waals surface area contributed by atoms with E-state index in [2.05, 4.69) is 0 Å². The van der Waals surface area contributed by atoms with Crippen molar-refractivity contribution in [3.63, 3.8) is 0 Å². The van der Waals surface area contributed by atoms with Crippen molar-refractivity contribution in [2.75, 3.05) is 21.1 Å². The SMILES string of the molecule is [B-]C(=O)[N+](C)(C)C. The quantitative estimate of drug-likeness (QED) is 0.307. The number of carbonyl (C=O) groups is 1. The van der Waals surface area contributed by atoms with E-state index in [0.29, 0.717) is 0 Å². The van der Waals surface area contributed by atoms with E-state index in [1.54, 1.807) is 21.1 Å². The molecule has 0 N–H and O–H groups in total. The Bertz CT molecular complexity index is 84.2. The van der Waals surface area contributed by atoms with Crippen LogP contribution in [-0.4, -0.2) is 39.3 Å². The number of amides is 1. The minimum absolute atomic E-state index is 0.194. The molecule has 0 aliphatic carbocycles. The number of nitrogens with zero attached hydrogens (tertiary/aromatic N) is 1. The van der Waals surface area contributed by atoms with Gasteiger partial charge in [-0.1, -0.05) is 0 Å². The molecule has 0 aromatic heterocycles. The Morgan fingerprint density at radius 2 is 1.57 bits per heavy atom. The molecular formula is C4H9BNO. The summed E-state index contributed by atoms with van der Waals surface area (Å²) in [6, 6.07) is 0. The Hall–Kier alpha value is -0.305. The average Bonchev–Trinajstić information content (AvgIpc) is 1.31. The Labute approximate surface area is 45.1 Å². The van der Waals surface area contributed by atoms with E-state index in [4.69, 9.17) is 7.85 Å². The van der Waals surface area contributed by atoms with E-state index in [9.17, 15) is 4.79 Å². The molecule has 3 radical (unpaired) electrons. The zero-order chi connectivity index (χ0) is 6.08. The van der Waals surface area contributed by atoms with E-state index in [1.165, 1.54) is 0 Å². The molecule has 0 unspecified atom stereocenters. The molecule has 0 saturated heterocycles. The van der Waals surface area contributed by atoms with Crippen LogP contribution in [0.2, 0.25) is 0 Å². The molecule has 7 heavy (non-hydrogen) atoms. The minimum atomic E-state index is -0.319. The first-order valence-corrected chi connectivity index (χ1v) is 2.06. The summed E-state index contributed by atoms with van der Waals surface area (Å²) in [5.41, 5.74) is 0. The first-order valence-electron chi connectivity index (χ1n) is 2.06. The number of quaternary nitrogens is 1. The molecule has 0 saturated carbocycles. The highest BCUT2D eigenvalue weighted by Gasteiger charge is 2.00. The van der Waals surface area contributed by atoms with Crippen molar-refractivity contribution in [1.82, 2.24) is 0 Å². The van der Waals surface area contributed by atoms with Crippen LogP contribution < -0.4 is 0 Å². The highest BCUT2D eigenvalue weighted by Crippen LogP contribution is 1.87. The van der Waals surface area contributed by atoms with Crippen molar-refractivity contribution in [1.29, 1.82) is 0 Å². The van der Waals surface area contributed by atoms with Crippen LogP contribution >= 0.6 is 0 Å². The predicted molar refractivity (Wildman–Crippen MR) is 29.2 cm³/mol. The molecule has 0 aliphatic rings. The van der Waals surface area contributed by atoms with Gasteiger partial charge in [0.05, 0.1) is 21.1 Å². The topological polar surface area (TPSA) is 17.1 Å². The van der Waals surface area contributed by atoms with Crippen LogP contribution in [0.1, 0.15) is 0 Å². The van der Waals surface area contributed by atoms with Crippen molar-refractivity contribution < 1.29 is 9.28 Å². The normalized spacial score (nSPS) is 11.4. The monoisotopic (exact) mass is 98.1 g/mol. The predicted octanol–water partition coefficient (Wildman–Crippen LogP) is -0.0189. The van der Waals surface area contributed by atoms with Crippen molar-refractivity contribution in [3.05, 3.63) is 0 Å². The van der Waals surface area contributed by atoms with Gasteiger partial charge in [0.1, 0.15) is 0 Å². The third kappa shape index (κ3) is 2.40. The Balaban J connectivity index is 3.79. The Morgan fingerprint density at radius 3 is 1.57 bits per heavy atom. The summed E-state index contributed by atoms with van der Waals surface area (Å²) < 4.78 is 0.194. The van der Waals surface area contributed by atoms with Crippen LogP contribution in [0.15, 0.2) is 0 Å². The van der Waals surface area contributed by atoms with Crippen LogP contribution in [0, 0.1) is 0 Å². The lowest BCUT2D eigenvalue weighted by atomic mass is 10.1. The van der Waals surface area contributed by atoms with Gasteiger partial charge in [-0.3, -0.25) is 4.79 Å². The highest BCUT2D eigenvalue weighted by atomic mass is 16.2. The molecule has 0 aromatic rings. The molecule has 1 amide bonds. The molecule has 0 fully saturated rings.